The first-order valence-corrected chi connectivity index (χ1v) is 6.92. The van der Waals surface area contributed by atoms with Crippen LogP contribution in [0.15, 0.2) is 24.3 Å². The van der Waals surface area contributed by atoms with Gasteiger partial charge in [0.05, 0.1) is 12.2 Å². The summed E-state index contributed by atoms with van der Waals surface area (Å²) in [7, 11) is 3.76. The zero-order valence-electron chi connectivity index (χ0n) is 11.9. The van der Waals surface area contributed by atoms with Crippen LogP contribution in [0.5, 0.6) is 0 Å². The number of para-hydroxylation sites is 1. The highest BCUT2D eigenvalue weighted by molar-refractivity contribution is 5.98. The Morgan fingerprint density at radius 1 is 1.35 bits per heavy atom. The van der Waals surface area contributed by atoms with Crippen molar-refractivity contribution in [1.29, 1.82) is 0 Å². The van der Waals surface area contributed by atoms with Crippen molar-refractivity contribution < 1.29 is 9.59 Å². The van der Waals surface area contributed by atoms with E-state index in [1.165, 1.54) is 0 Å². The van der Waals surface area contributed by atoms with Crippen LogP contribution in [-0.2, 0) is 16.1 Å². The number of rotatable bonds is 2. The van der Waals surface area contributed by atoms with Crippen molar-refractivity contribution in [3.63, 3.8) is 0 Å². The quantitative estimate of drug-likeness (QED) is 0.809. The molecule has 2 aliphatic rings. The molecule has 5 nitrogen and oxygen atoms in total. The van der Waals surface area contributed by atoms with Crippen molar-refractivity contribution in [2.75, 3.05) is 25.5 Å². The molecule has 1 unspecified atom stereocenters. The van der Waals surface area contributed by atoms with E-state index in [0.29, 0.717) is 19.5 Å². The van der Waals surface area contributed by atoms with Crippen LogP contribution in [0.2, 0.25) is 0 Å². The number of carbonyl (C=O) groups is 2. The van der Waals surface area contributed by atoms with Gasteiger partial charge < -0.3 is 9.80 Å². The molecule has 0 N–H and O–H groups in total. The lowest BCUT2D eigenvalue weighted by Gasteiger charge is -2.41. The first-order valence-electron chi connectivity index (χ1n) is 6.92. The van der Waals surface area contributed by atoms with Gasteiger partial charge in [0, 0.05) is 13.0 Å². The minimum Gasteiger partial charge on any atom is -0.317 e. The molecule has 1 saturated heterocycles. The summed E-state index contributed by atoms with van der Waals surface area (Å²) in [6, 6.07) is 7.87. The van der Waals surface area contributed by atoms with Crippen LogP contribution < -0.4 is 4.90 Å². The summed E-state index contributed by atoms with van der Waals surface area (Å²) in [5.41, 5.74) is 2.00. The number of nitrogens with zero attached hydrogens (tertiary/aromatic N) is 3. The van der Waals surface area contributed by atoms with E-state index in [1.807, 2.05) is 53.1 Å². The average Bonchev–Trinajstić information content (AvgIpc) is 2.76. The molecular formula is C15H19N3O2. The minimum atomic E-state index is -0.107. The van der Waals surface area contributed by atoms with Crippen LogP contribution in [0.25, 0.3) is 0 Å². The summed E-state index contributed by atoms with van der Waals surface area (Å²) in [6.45, 7) is 0.971. The Labute approximate surface area is 118 Å². The Kier molecular flexibility index (Phi) is 3.22. The van der Waals surface area contributed by atoms with Crippen molar-refractivity contribution in [2.45, 2.75) is 25.6 Å². The van der Waals surface area contributed by atoms with Gasteiger partial charge >= 0.3 is 0 Å². The maximum Gasteiger partial charge on any atom is 0.242 e. The average molecular weight is 273 g/mol. The molecule has 0 bridgehead atoms. The number of carbonyl (C=O) groups excluding carboxylic acids is 2. The zero-order chi connectivity index (χ0) is 14.3. The molecule has 1 aromatic rings. The fourth-order valence-corrected chi connectivity index (χ4v) is 3.05. The van der Waals surface area contributed by atoms with E-state index in [2.05, 4.69) is 0 Å². The smallest absolute Gasteiger partial charge is 0.242 e. The van der Waals surface area contributed by atoms with E-state index in [-0.39, 0.29) is 18.0 Å². The number of fused-ring (bicyclic) bond motifs is 2. The Hall–Kier alpha value is -1.88. The fourth-order valence-electron chi connectivity index (χ4n) is 3.05. The zero-order valence-corrected chi connectivity index (χ0v) is 11.9. The topological polar surface area (TPSA) is 43.9 Å². The lowest BCUT2D eigenvalue weighted by molar-refractivity contribution is -0.130. The lowest BCUT2D eigenvalue weighted by Crippen LogP contribution is -2.54. The van der Waals surface area contributed by atoms with E-state index in [1.54, 1.807) is 0 Å². The van der Waals surface area contributed by atoms with Crippen molar-refractivity contribution in [1.82, 2.24) is 9.80 Å². The third-order valence-electron chi connectivity index (χ3n) is 3.91. The molecule has 1 aromatic carbocycles. The highest BCUT2D eigenvalue weighted by atomic mass is 16.2. The molecule has 2 heterocycles. The van der Waals surface area contributed by atoms with Gasteiger partial charge in [-0.25, -0.2) is 0 Å². The molecular weight excluding hydrogens is 254 g/mol. The normalized spacial score (nSPS) is 21.1. The maximum atomic E-state index is 12.6. The van der Waals surface area contributed by atoms with Crippen LogP contribution in [0.1, 0.15) is 18.4 Å². The molecule has 1 fully saturated rings. The Balaban J connectivity index is 2.00. The van der Waals surface area contributed by atoms with Gasteiger partial charge in [-0.1, -0.05) is 18.2 Å². The summed E-state index contributed by atoms with van der Waals surface area (Å²) < 4.78 is 0. The summed E-state index contributed by atoms with van der Waals surface area (Å²) in [5.74, 6) is 0.194. The number of hydrogen-bond donors (Lipinski definition) is 0. The molecule has 106 valence electrons. The number of likely N-dealkylation sites (N-methyl/N-ethyl adjacent to an activating group) is 1. The molecule has 3 rings (SSSR count). The van der Waals surface area contributed by atoms with Crippen molar-refractivity contribution >= 4 is 17.5 Å². The molecule has 2 aliphatic heterocycles. The SMILES string of the molecule is CN(C)CC(=O)N1c2ccccc2CN2C(=O)CCC21. The summed E-state index contributed by atoms with van der Waals surface area (Å²) in [4.78, 5) is 30.1. The van der Waals surface area contributed by atoms with Gasteiger partial charge in [0.2, 0.25) is 11.8 Å². The highest BCUT2D eigenvalue weighted by Crippen LogP contribution is 2.36. The van der Waals surface area contributed by atoms with E-state index in [4.69, 9.17) is 0 Å². The highest BCUT2D eigenvalue weighted by Gasteiger charge is 2.42. The lowest BCUT2D eigenvalue weighted by atomic mass is 10.1. The monoisotopic (exact) mass is 273 g/mol. The van der Waals surface area contributed by atoms with Crippen LogP contribution >= 0.6 is 0 Å². The molecule has 0 radical (unpaired) electrons. The summed E-state index contributed by atoms with van der Waals surface area (Å²) >= 11 is 0. The van der Waals surface area contributed by atoms with Crippen molar-refractivity contribution in [3.8, 4) is 0 Å². The molecule has 0 spiro atoms. The third-order valence-corrected chi connectivity index (χ3v) is 3.91. The second-order valence-corrected chi connectivity index (χ2v) is 5.67. The Morgan fingerprint density at radius 2 is 2.10 bits per heavy atom. The Morgan fingerprint density at radius 3 is 2.85 bits per heavy atom. The van der Waals surface area contributed by atoms with E-state index in [9.17, 15) is 9.59 Å². The van der Waals surface area contributed by atoms with Gasteiger partial charge in [0.1, 0.15) is 6.17 Å². The van der Waals surface area contributed by atoms with E-state index >= 15 is 0 Å². The predicted octanol–water partition coefficient (Wildman–Crippen LogP) is 1.04. The minimum absolute atomic E-state index is 0.0480. The Bertz CT molecular complexity index is 556. The molecule has 0 aromatic heterocycles. The molecule has 0 saturated carbocycles. The van der Waals surface area contributed by atoms with Gasteiger partial charge in [0.25, 0.3) is 0 Å². The van der Waals surface area contributed by atoms with Crippen LogP contribution in [0.4, 0.5) is 5.69 Å². The van der Waals surface area contributed by atoms with E-state index in [0.717, 1.165) is 17.7 Å². The summed E-state index contributed by atoms with van der Waals surface area (Å²) in [6.07, 6.45) is 1.15. The maximum absolute atomic E-state index is 12.6. The second kappa shape index (κ2) is 4.90. The summed E-state index contributed by atoms with van der Waals surface area (Å²) in [5, 5.41) is 0. The van der Waals surface area contributed by atoms with Gasteiger partial charge in [-0.05, 0) is 32.1 Å². The van der Waals surface area contributed by atoms with Crippen LogP contribution in [0.3, 0.4) is 0 Å². The predicted molar refractivity (Wildman–Crippen MR) is 76.1 cm³/mol. The van der Waals surface area contributed by atoms with Gasteiger partial charge in [0.15, 0.2) is 0 Å². The fraction of sp³-hybridized carbons (Fsp3) is 0.467. The number of hydrogen-bond acceptors (Lipinski definition) is 3. The number of anilines is 1. The molecule has 1 atom stereocenters. The molecule has 5 heteroatoms. The number of benzene rings is 1. The van der Waals surface area contributed by atoms with Gasteiger partial charge in [-0.3, -0.25) is 14.5 Å². The van der Waals surface area contributed by atoms with Crippen molar-refractivity contribution in [3.05, 3.63) is 29.8 Å². The van der Waals surface area contributed by atoms with Crippen LogP contribution in [-0.4, -0.2) is 48.4 Å². The standard InChI is InChI=1S/C15H19N3O2/c1-16(2)10-15(20)18-12-6-4-3-5-11(12)9-17-13(18)7-8-14(17)19/h3-6,13H,7-10H2,1-2H3. The number of amides is 2. The van der Waals surface area contributed by atoms with E-state index < -0.39 is 0 Å². The van der Waals surface area contributed by atoms with Crippen molar-refractivity contribution in [2.24, 2.45) is 0 Å². The first-order chi connectivity index (χ1) is 9.58. The van der Waals surface area contributed by atoms with Crippen LogP contribution in [0, 0.1) is 0 Å². The first kappa shape index (κ1) is 13.1. The third kappa shape index (κ3) is 2.08. The second-order valence-electron chi connectivity index (χ2n) is 5.67. The largest absolute Gasteiger partial charge is 0.317 e. The van der Waals surface area contributed by atoms with Gasteiger partial charge in [-0.2, -0.15) is 0 Å². The van der Waals surface area contributed by atoms with Gasteiger partial charge in [-0.15, -0.1) is 0 Å². The molecule has 20 heavy (non-hydrogen) atoms. The molecule has 2 amide bonds. The molecule has 0 aliphatic carbocycles.